The van der Waals surface area contributed by atoms with Crippen molar-refractivity contribution in [1.29, 1.82) is 0 Å². The third-order valence-corrected chi connectivity index (χ3v) is 2.34. The molecule has 0 saturated carbocycles. The molecule has 0 unspecified atom stereocenters. The normalized spacial score (nSPS) is 10.3. The number of nitrogens with zero attached hydrogens (tertiary/aromatic N) is 2. The Bertz CT molecular complexity index is 724. The number of carboxylic acid groups (broad SMARTS) is 3. The van der Waals surface area contributed by atoms with Gasteiger partial charge < -0.3 is 15.3 Å². The van der Waals surface area contributed by atoms with Gasteiger partial charge in [0.1, 0.15) is 0 Å². The fraction of sp³-hybridized carbons (Fsp3) is 0. The Kier molecular flexibility index (Phi) is 2.83. The van der Waals surface area contributed by atoms with Gasteiger partial charge in [-0.1, -0.05) is 0 Å². The number of fused-ring (bicyclic) bond motifs is 1. The zero-order valence-electron chi connectivity index (χ0n) is 9.19. The fourth-order valence-electron chi connectivity index (χ4n) is 1.52. The van der Waals surface area contributed by atoms with Crippen molar-refractivity contribution in [2.75, 3.05) is 0 Å². The Morgan fingerprint density at radius 2 is 1.58 bits per heavy atom. The molecule has 0 radical (unpaired) electrons. The summed E-state index contributed by atoms with van der Waals surface area (Å²) in [6, 6.07) is 3.53. The zero-order chi connectivity index (χ0) is 14.2. The quantitative estimate of drug-likeness (QED) is 0.735. The van der Waals surface area contributed by atoms with E-state index in [0.29, 0.717) is 0 Å². The average Bonchev–Trinajstić information content (AvgIpc) is 2.36. The van der Waals surface area contributed by atoms with Gasteiger partial charge in [0.25, 0.3) is 0 Å². The third kappa shape index (κ3) is 2.18. The maximum Gasteiger partial charge on any atom is 0.373 e. The number of rotatable bonds is 3. The minimum Gasteiger partial charge on any atom is -0.478 e. The minimum atomic E-state index is -1.47. The van der Waals surface area contributed by atoms with Crippen molar-refractivity contribution < 1.29 is 29.7 Å². The van der Waals surface area contributed by atoms with Crippen molar-refractivity contribution in [3.05, 3.63) is 35.3 Å². The molecule has 0 bridgehead atoms. The van der Waals surface area contributed by atoms with Crippen LogP contribution in [-0.2, 0) is 0 Å². The monoisotopic (exact) mass is 262 g/mol. The number of aromatic carboxylic acids is 3. The smallest absolute Gasteiger partial charge is 0.373 e. The molecule has 2 aromatic rings. The van der Waals surface area contributed by atoms with Crippen molar-refractivity contribution in [2.24, 2.45) is 0 Å². The Morgan fingerprint density at radius 3 is 2.11 bits per heavy atom. The average molecular weight is 262 g/mol. The molecule has 0 atom stereocenters. The molecule has 1 aromatic carbocycles. The van der Waals surface area contributed by atoms with Crippen molar-refractivity contribution in [1.82, 2.24) is 9.97 Å². The molecule has 1 aromatic heterocycles. The van der Waals surface area contributed by atoms with E-state index < -0.39 is 29.4 Å². The van der Waals surface area contributed by atoms with Crippen LogP contribution < -0.4 is 0 Å². The van der Waals surface area contributed by atoms with E-state index in [0.717, 1.165) is 6.07 Å². The van der Waals surface area contributed by atoms with Gasteiger partial charge in [-0.25, -0.2) is 24.4 Å². The predicted octanol–water partition coefficient (Wildman–Crippen LogP) is 0.724. The first-order valence-corrected chi connectivity index (χ1v) is 4.92. The molecule has 96 valence electrons. The lowest BCUT2D eigenvalue weighted by Crippen LogP contribution is -2.11. The highest BCUT2D eigenvalue weighted by atomic mass is 16.4. The summed E-state index contributed by atoms with van der Waals surface area (Å²) in [7, 11) is 0. The number of hydrogen-bond acceptors (Lipinski definition) is 5. The summed E-state index contributed by atoms with van der Waals surface area (Å²) in [5.41, 5.74) is -0.637. The highest BCUT2D eigenvalue weighted by Crippen LogP contribution is 2.18. The van der Waals surface area contributed by atoms with Crippen LogP contribution >= 0.6 is 0 Å². The maximum atomic E-state index is 11.0. The molecule has 0 fully saturated rings. The summed E-state index contributed by atoms with van der Waals surface area (Å²) < 4.78 is 0. The lowest BCUT2D eigenvalue weighted by atomic mass is 10.1. The van der Waals surface area contributed by atoms with Crippen LogP contribution in [0.1, 0.15) is 31.5 Å². The molecule has 0 aliphatic rings. The van der Waals surface area contributed by atoms with Crippen LogP contribution in [0, 0.1) is 0 Å². The van der Waals surface area contributed by atoms with Gasteiger partial charge in [0.05, 0.1) is 11.1 Å². The van der Waals surface area contributed by atoms with Crippen molar-refractivity contribution >= 4 is 28.8 Å². The Morgan fingerprint density at radius 1 is 0.895 bits per heavy atom. The van der Waals surface area contributed by atoms with Gasteiger partial charge in [-0.05, 0) is 18.2 Å². The lowest BCUT2D eigenvalue weighted by Gasteiger charge is -2.04. The molecule has 8 heteroatoms. The molecule has 0 aliphatic carbocycles. The van der Waals surface area contributed by atoms with Gasteiger partial charge in [-0.3, -0.25) is 0 Å². The number of carboxylic acids is 3. The lowest BCUT2D eigenvalue weighted by molar-refractivity contribution is 0.0670. The molecule has 0 saturated heterocycles. The van der Waals surface area contributed by atoms with Crippen molar-refractivity contribution in [2.45, 2.75) is 0 Å². The van der Waals surface area contributed by atoms with E-state index in [1.807, 2.05) is 0 Å². The van der Waals surface area contributed by atoms with Gasteiger partial charge >= 0.3 is 17.9 Å². The van der Waals surface area contributed by atoms with E-state index >= 15 is 0 Å². The standard InChI is InChI=1S/C11H6N2O6/c14-9(15)4-1-2-6-5(3-4)7(10(16)17)13-8(12-6)11(18)19/h1-3H,(H,14,15)(H,16,17)(H,18,19). The van der Waals surface area contributed by atoms with Gasteiger partial charge in [-0.15, -0.1) is 0 Å². The molecule has 8 nitrogen and oxygen atoms in total. The van der Waals surface area contributed by atoms with Gasteiger partial charge in [0.2, 0.25) is 5.82 Å². The molecule has 0 aliphatic heterocycles. The Hall–Kier alpha value is -3.03. The SMILES string of the molecule is O=C(O)c1ccc2nc(C(=O)O)nc(C(=O)O)c2c1. The molecule has 19 heavy (non-hydrogen) atoms. The number of aromatic nitrogens is 2. The molecular weight excluding hydrogens is 256 g/mol. The fourth-order valence-corrected chi connectivity index (χ4v) is 1.52. The first-order chi connectivity index (χ1) is 8.90. The van der Waals surface area contributed by atoms with Crippen LogP contribution in [0.3, 0.4) is 0 Å². The van der Waals surface area contributed by atoms with Crippen LogP contribution in [0.2, 0.25) is 0 Å². The van der Waals surface area contributed by atoms with Crippen LogP contribution in [0.25, 0.3) is 10.9 Å². The molecule has 0 spiro atoms. The largest absolute Gasteiger partial charge is 0.478 e. The predicted molar refractivity (Wildman–Crippen MR) is 60.4 cm³/mol. The minimum absolute atomic E-state index is 0.0302. The van der Waals surface area contributed by atoms with Crippen LogP contribution in [0.15, 0.2) is 18.2 Å². The van der Waals surface area contributed by atoms with E-state index in [2.05, 4.69) is 9.97 Å². The molecule has 2 rings (SSSR count). The first kappa shape index (κ1) is 12.4. The van der Waals surface area contributed by atoms with Gasteiger partial charge in [-0.2, -0.15) is 0 Å². The second kappa shape index (κ2) is 4.33. The van der Waals surface area contributed by atoms with E-state index in [1.165, 1.54) is 12.1 Å². The highest BCUT2D eigenvalue weighted by molar-refractivity contribution is 6.04. The molecule has 1 heterocycles. The van der Waals surface area contributed by atoms with Gasteiger partial charge in [0.15, 0.2) is 5.69 Å². The van der Waals surface area contributed by atoms with Crippen LogP contribution in [0.5, 0.6) is 0 Å². The maximum absolute atomic E-state index is 11.0. The summed E-state index contributed by atoms with van der Waals surface area (Å²) in [6.07, 6.45) is 0. The second-order valence-electron chi connectivity index (χ2n) is 3.54. The van der Waals surface area contributed by atoms with E-state index in [1.54, 1.807) is 0 Å². The van der Waals surface area contributed by atoms with Crippen molar-refractivity contribution in [3.8, 4) is 0 Å². The summed E-state index contributed by atoms with van der Waals surface area (Å²) in [4.78, 5) is 39.7. The van der Waals surface area contributed by atoms with E-state index in [-0.39, 0.29) is 16.5 Å². The van der Waals surface area contributed by atoms with Crippen LogP contribution in [-0.4, -0.2) is 43.2 Å². The van der Waals surface area contributed by atoms with E-state index in [9.17, 15) is 14.4 Å². The summed E-state index contributed by atoms with van der Waals surface area (Å²) in [5, 5.41) is 26.6. The Balaban J connectivity index is 2.83. The summed E-state index contributed by atoms with van der Waals surface area (Å²) in [6.45, 7) is 0. The zero-order valence-corrected chi connectivity index (χ0v) is 9.19. The Labute approximate surface area is 105 Å². The molecule has 0 amide bonds. The molecular formula is C11H6N2O6. The van der Waals surface area contributed by atoms with Crippen molar-refractivity contribution in [3.63, 3.8) is 0 Å². The first-order valence-electron chi connectivity index (χ1n) is 4.92. The number of hydrogen-bond donors (Lipinski definition) is 3. The van der Waals surface area contributed by atoms with E-state index in [4.69, 9.17) is 15.3 Å². The van der Waals surface area contributed by atoms with Gasteiger partial charge in [0, 0.05) is 5.39 Å². The van der Waals surface area contributed by atoms with Crippen LogP contribution in [0.4, 0.5) is 0 Å². The summed E-state index contributed by atoms with van der Waals surface area (Å²) >= 11 is 0. The summed E-state index contributed by atoms with van der Waals surface area (Å²) in [5.74, 6) is -4.82. The molecule has 3 N–H and O–H groups in total. The number of benzene rings is 1. The highest BCUT2D eigenvalue weighted by Gasteiger charge is 2.18. The number of carbonyl (C=O) groups is 3. The third-order valence-electron chi connectivity index (χ3n) is 2.34. The topological polar surface area (TPSA) is 138 Å². The second-order valence-corrected chi connectivity index (χ2v) is 3.54.